The molecular weight excluding hydrogens is 104 g/mol. The number of aldehydes is 1. The molecule has 0 spiro atoms. The van der Waals surface area contributed by atoms with Crippen LogP contribution in [0, 0.1) is 0 Å². The minimum Gasteiger partial charge on any atom is -0.327 e. The molecule has 0 amide bonds. The molecule has 0 heterocycles. The molecular formula is C5H10N2O. The van der Waals surface area contributed by atoms with Gasteiger partial charge in [-0.2, -0.15) is 0 Å². The first-order valence-corrected chi connectivity index (χ1v) is 2.38. The van der Waals surface area contributed by atoms with Gasteiger partial charge in [-0.3, -0.25) is 4.79 Å². The molecule has 0 fully saturated rings. The highest BCUT2D eigenvalue weighted by Crippen LogP contribution is 1.81. The molecule has 0 radical (unpaired) electrons. The van der Waals surface area contributed by atoms with Crippen LogP contribution in [0.25, 0.3) is 0 Å². The molecule has 46 valence electrons. The van der Waals surface area contributed by atoms with Crippen LogP contribution in [0.5, 0.6) is 0 Å². The van der Waals surface area contributed by atoms with Crippen molar-refractivity contribution in [1.82, 2.24) is 0 Å². The summed E-state index contributed by atoms with van der Waals surface area (Å²) in [6.07, 6.45) is 2.08. The summed E-state index contributed by atoms with van der Waals surface area (Å²) in [6, 6.07) is 0. The molecule has 0 rings (SSSR count). The third-order valence-corrected chi connectivity index (χ3v) is 0.828. The minimum absolute atomic E-state index is 0.370. The molecule has 0 aliphatic heterocycles. The Bertz CT molecular complexity index is 92.6. The molecule has 0 aromatic heterocycles. The molecule has 0 saturated heterocycles. The molecule has 3 nitrogen and oxygen atoms in total. The van der Waals surface area contributed by atoms with E-state index in [2.05, 4.69) is 0 Å². The Labute approximate surface area is 48.4 Å². The fourth-order valence-electron chi connectivity index (χ4n) is 0.316. The van der Waals surface area contributed by atoms with E-state index < -0.39 is 0 Å². The summed E-state index contributed by atoms with van der Waals surface area (Å²) in [5.41, 5.74) is 11.1. The third-order valence-electron chi connectivity index (χ3n) is 0.828. The van der Waals surface area contributed by atoms with E-state index in [1.165, 1.54) is 6.08 Å². The monoisotopic (exact) mass is 114 g/mol. The van der Waals surface area contributed by atoms with E-state index in [4.69, 9.17) is 11.5 Å². The first kappa shape index (κ1) is 7.33. The maximum absolute atomic E-state index is 9.75. The second kappa shape index (κ2) is 4.49. The zero-order valence-corrected chi connectivity index (χ0v) is 4.63. The van der Waals surface area contributed by atoms with Gasteiger partial charge in [0.05, 0.1) is 0 Å². The Kier molecular flexibility index (Phi) is 4.11. The zero-order valence-electron chi connectivity index (χ0n) is 4.63. The summed E-state index contributed by atoms with van der Waals surface area (Å²) < 4.78 is 0. The van der Waals surface area contributed by atoms with E-state index in [9.17, 15) is 4.79 Å². The second-order valence-electron chi connectivity index (χ2n) is 1.37. The van der Waals surface area contributed by atoms with Crippen molar-refractivity contribution in [2.45, 2.75) is 0 Å². The molecule has 4 N–H and O–H groups in total. The first-order valence-electron chi connectivity index (χ1n) is 2.38. The summed E-state index contributed by atoms with van der Waals surface area (Å²) in [5, 5.41) is 0. The average Bonchev–Trinajstić information content (AvgIpc) is 1.83. The van der Waals surface area contributed by atoms with Crippen molar-refractivity contribution >= 4 is 6.29 Å². The molecule has 0 aromatic rings. The maximum Gasteiger partial charge on any atom is 0.142 e. The van der Waals surface area contributed by atoms with E-state index in [-0.39, 0.29) is 0 Å². The zero-order chi connectivity index (χ0) is 6.41. The van der Waals surface area contributed by atoms with Crippen LogP contribution in [0.4, 0.5) is 0 Å². The smallest absolute Gasteiger partial charge is 0.142 e. The summed E-state index contributed by atoms with van der Waals surface area (Å²) >= 11 is 0. The predicted molar refractivity (Wildman–Crippen MR) is 32.3 cm³/mol. The van der Waals surface area contributed by atoms with Crippen LogP contribution in [0.3, 0.4) is 0 Å². The molecule has 0 bridgehead atoms. The third kappa shape index (κ3) is 2.49. The lowest BCUT2D eigenvalue weighted by Crippen LogP contribution is -2.12. The van der Waals surface area contributed by atoms with Crippen molar-refractivity contribution in [3.63, 3.8) is 0 Å². The summed E-state index contributed by atoms with van der Waals surface area (Å²) in [7, 11) is 0. The van der Waals surface area contributed by atoms with E-state index in [0.29, 0.717) is 19.4 Å². The van der Waals surface area contributed by atoms with E-state index >= 15 is 0 Å². The number of hydrogen-bond donors (Lipinski definition) is 2. The van der Waals surface area contributed by atoms with Gasteiger partial charge in [0.2, 0.25) is 0 Å². The quantitative estimate of drug-likeness (QED) is 0.366. The fourth-order valence-corrected chi connectivity index (χ4v) is 0.316. The summed E-state index contributed by atoms with van der Waals surface area (Å²) in [5.74, 6) is 0. The van der Waals surface area contributed by atoms with Crippen LogP contribution >= 0.6 is 0 Å². The Morgan fingerprint density at radius 2 is 1.88 bits per heavy atom. The van der Waals surface area contributed by atoms with Crippen LogP contribution in [0.15, 0.2) is 11.6 Å². The highest BCUT2D eigenvalue weighted by molar-refractivity contribution is 5.66. The summed E-state index contributed by atoms with van der Waals surface area (Å²) in [6.45, 7) is 0.741. The predicted octanol–water partition coefficient (Wildman–Crippen LogP) is -0.971. The normalized spacial score (nSPS) is 8.25. The van der Waals surface area contributed by atoms with Crippen molar-refractivity contribution in [2.75, 3.05) is 13.1 Å². The molecule has 0 aromatic carbocycles. The van der Waals surface area contributed by atoms with Gasteiger partial charge in [-0.1, -0.05) is 0 Å². The fraction of sp³-hybridized carbons (Fsp3) is 0.400. The van der Waals surface area contributed by atoms with Crippen molar-refractivity contribution in [3.8, 4) is 0 Å². The number of carbonyl (C=O) groups is 1. The summed E-state index contributed by atoms with van der Waals surface area (Å²) in [4.78, 5) is 9.75. The van der Waals surface area contributed by atoms with E-state index in [1.54, 1.807) is 0 Å². The Hall–Kier alpha value is -0.670. The van der Waals surface area contributed by atoms with Crippen LogP contribution in [0.1, 0.15) is 0 Å². The number of allylic oxidation sites excluding steroid dienone is 1. The lowest BCUT2D eigenvalue weighted by molar-refractivity contribution is -0.104. The van der Waals surface area contributed by atoms with Crippen LogP contribution in [-0.2, 0) is 4.79 Å². The van der Waals surface area contributed by atoms with Gasteiger partial charge in [-0.15, -0.1) is 0 Å². The van der Waals surface area contributed by atoms with Gasteiger partial charge in [0.15, 0.2) is 0 Å². The standard InChI is InChI=1S/C5H10N2O/c6-3-5(4-7)1-2-8/h1-2H,3-4,6-7H2. The van der Waals surface area contributed by atoms with Gasteiger partial charge in [0, 0.05) is 13.1 Å². The lowest BCUT2D eigenvalue weighted by atomic mass is 10.2. The van der Waals surface area contributed by atoms with Gasteiger partial charge < -0.3 is 11.5 Å². The Balaban J connectivity index is 3.66. The topological polar surface area (TPSA) is 69.1 Å². The van der Waals surface area contributed by atoms with E-state index in [1.807, 2.05) is 0 Å². The van der Waals surface area contributed by atoms with Crippen molar-refractivity contribution in [1.29, 1.82) is 0 Å². The van der Waals surface area contributed by atoms with Gasteiger partial charge in [-0.05, 0) is 11.6 Å². The number of nitrogens with two attached hydrogens (primary N) is 2. The van der Waals surface area contributed by atoms with Crippen molar-refractivity contribution in [3.05, 3.63) is 11.6 Å². The SMILES string of the molecule is NCC(=CC=O)CN. The Morgan fingerprint density at radius 1 is 1.38 bits per heavy atom. The van der Waals surface area contributed by atoms with Gasteiger partial charge in [0.1, 0.15) is 6.29 Å². The molecule has 0 atom stereocenters. The highest BCUT2D eigenvalue weighted by atomic mass is 16.1. The van der Waals surface area contributed by atoms with Crippen LogP contribution < -0.4 is 11.5 Å². The first-order chi connectivity index (χ1) is 3.85. The Morgan fingerprint density at radius 3 is 2.00 bits per heavy atom. The molecule has 0 unspecified atom stereocenters. The van der Waals surface area contributed by atoms with Crippen molar-refractivity contribution < 1.29 is 4.79 Å². The molecule has 0 aliphatic carbocycles. The second-order valence-corrected chi connectivity index (χ2v) is 1.37. The number of hydrogen-bond acceptors (Lipinski definition) is 3. The number of rotatable bonds is 3. The minimum atomic E-state index is 0.370. The molecule has 0 aliphatic rings. The van der Waals surface area contributed by atoms with Gasteiger partial charge in [-0.25, -0.2) is 0 Å². The molecule has 0 saturated carbocycles. The van der Waals surface area contributed by atoms with Gasteiger partial charge in [0.25, 0.3) is 0 Å². The lowest BCUT2D eigenvalue weighted by Gasteiger charge is -1.93. The number of carbonyl (C=O) groups excluding carboxylic acids is 1. The van der Waals surface area contributed by atoms with Gasteiger partial charge >= 0.3 is 0 Å². The molecule has 3 heteroatoms. The van der Waals surface area contributed by atoms with Crippen LogP contribution in [0.2, 0.25) is 0 Å². The maximum atomic E-state index is 9.75. The molecule has 8 heavy (non-hydrogen) atoms. The van der Waals surface area contributed by atoms with E-state index in [0.717, 1.165) is 5.57 Å². The van der Waals surface area contributed by atoms with Crippen LogP contribution in [-0.4, -0.2) is 19.4 Å². The highest BCUT2D eigenvalue weighted by Gasteiger charge is 1.85. The average molecular weight is 114 g/mol. The van der Waals surface area contributed by atoms with Crippen molar-refractivity contribution in [2.24, 2.45) is 11.5 Å². The largest absolute Gasteiger partial charge is 0.327 e.